The van der Waals surface area contributed by atoms with Gasteiger partial charge in [-0.15, -0.1) is 0 Å². The molecule has 0 radical (unpaired) electrons. The van der Waals surface area contributed by atoms with Gasteiger partial charge in [0.05, 0.1) is 6.33 Å². The molecule has 150 valence electrons. The topological polar surface area (TPSA) is 78.0 Å². The maximum Gasteiger partial charge on any atom is 0.222 e. The number of aromatic amines is 1. The molecule has 7 nitrogen and oxygen atoms in total. The van der Waals surface area contributed by atoms with Crippen molar-refractivity contribution in [1.82, 2.24) is 24.8 Å². The molecule has 2 aromatic heterocycles. The fourth-order valence-electron chi connectivity index (χ4n) is 4.93. The third-order valence-electron chi connectivity index (χ3n) is 6.43. The Balaban J connectivity index is 1.33. The monoisotopic (exact) mass is 390 g/mol. The third kappa shape index (κ3) is 3.57. The minimum atomic E-state index is 0.139. The van der Waals surface area contributed by atoms with Crippen LogP contribution in [0.4, 0.5) is 5.82 Å². The van der Waals surface area contributed by atoms with E-state index in [-0.39, 0.29) is 5.41 Å². The number of piperidine rings is 2. The summed E-state index contributed by atoms with van der Waals surface area (Å²) in [7, 11) is 0. The first kappa shape index (κ1) is 18.1. The van der Waals surface area contributed by atoms with E-state index in [1.54, 1.807) is 12.7 Å². The van der Waals surface area contributed by atoms with E-state index in [4.69, 9.17) is 0 Å². The highest BCUT2D eigenvalue weighted by Gasteiger charge is 2.42. The molecule has 7 heteroatoms. The molecule has 4 heterocycles. The minimum absolute atomic E-state index is 0.139. The predicted octanol–water partition coefficient (Wildman–Crippen LogP) is 2.80. The summed E-state index contributed by atoms with van der Waals surface area (Å²) in [6.45, 7) is 3.54. The molecule has 1 unspecified atom stereocenters. The Morgan fingerprint density at radius 1 is 1.07 bits per heavy atom. The molecule has 2 aliphatic rings. The van der Waals surface area contributed by atoms with Gasteiger partial charge in [-0.25, -0.2) is 15.0 Å². The van der Waals surface area contributed by atoms with E-state index >= 15 is 0 Å². The number of hydrogen-bond acceptors (Lipinski definition) is 5. The third-order valence-corrected chi connectivity index (χ3v) is 6.43. The van der Waals surface area contributed by atoms with Crippen LogP contribution in [0.3, 0.4) is 0 Å². The molecular formula is C22H26N6O. The number of carbonyl (C=O) groups excluding carboxylic acids is 1. The maximum atomic E-state index is 12.6. The maximum absolute atomic E-state index is 12.6. The highest BCUT2D eigenvalue weighted by molar-refractivity contribution is 5.83. The van der Waals surface area contributed by atoms with Gasteiger partial charge in [0, 0.05) is 38.0 Å². The number of imidazole rings is 1. The van der Waals surface area contributed by atoms with Gasteiger partial charge in [0.2, 0.25) is 5.91 Å². The van der Waals surface area contributed by atoms with Crippen LogP contribution < -0.4 is 4.90 Å². The molecule has 29 heavy (non-hydrogen) atoms. The van der Waals surface area contributed by atoms with Crippen LogP contribution in [0.15, 0.2) is 43.0 Å². The summed E-state index contributed by atoms with van der Waals surface area (Å²) >= 11 is 0. The highest BCUT2D eigenvalue weighted by atomic mass is 16.2. The molecule has 0 aliphatic carbocycles. The number of nitrogens with one attached hydrogen (secondary N) is 1. The number of anilines is 1. The molecule has 2 saturated heterocycles. The lowest BCUT2D eigenvalue weighted by Gasteiger charge is -2.48. The Kier molecular flexibility index (Phi) is 4.66. The average Bonchev–Trinajstić information content (AvgIpc) is 3.24. The van der Waals surface area contributed by atoms with Gasteiger partial charge in [0.15, 0.2) is 11.5 Å². The standard InChI is InChI=1S/C22H26N6O/c29-18-7-10-22(13-27(18)12-8-17-5-2-1-3-6-17)9-4-11-28(14-22)21-19-20(24-15-23-19)25-16-26-21/h1-3,5-6,15-16H,4,7-14H2,(H,23,24,25,26). The number of nitrogens with zero attached hydrogens (tertiary/aromatic N) is 5. The summed E-state index contributed by atoms with van der Waals surface area (Å²) in [4.78, 5) is 33.3. The first-order valence-electron chi connectivity index (χ1n) is 10.4. The van der Waals surface area contributed by atoms with Gasteiger partial charge in [0.1, 0.15) is 11.8 Å². The lowest BCUT2D eigenvalue weighted by atomic mass is 9.73. The zero-order chi connectivity index (χ0) is 19.7. The quantitative estimate of drug-likeness (QED) is 0.741. The van der Waals surface area contributed by atoms with E-state index in [2.05, 4.69) is 54.0 Å². The van der Waals surface area contributed by atoms with Gasteiger partial charge in [-0.05, 0) is 31.2 Å². The van der Waals surface area contributed by atoms with Crippen molar-refractivity contribution in [3.63, 3.8) is 0 Å². The van der Waals surface area contributed by atoms with Crippen LogP contribution in [0, 0.1) is 5.41 Å². The van der Waals surface area contributed by atoms with Crippen LogP contribution in [-0.4, -0.2) is 56.9 Å². The van der Waals surface area contributed by atoms with Gasteiger partial charge in [-0.2, -0.15) is 0 Å². The van der Waals surface area contributed by atoms with Gasteiger partial charge >= 0.3 is 0 Å². The van der Waals surface area contributed by atoms with Crippen molar-refractivity contribution in [2.24, 2.45) is 5.41 Å². The van der Waals surface area contributed by atoms with Gasteiger partial charge < -0.3 is 14.8 Å². The fourth-order valence-corrected chi connectivity index (χ4v) is 4.93. The average molecular weight is 390 g/mol. The van der Waals surface area contributed by atoms with Gasteiger partial charge in [-0.1, -0.05) is 30.3 Å². The Morgan fingerprint density at radius 3 is 2.86 bits per heavy atom. The second-order valence-electron chi connectivity index (χ2n) is 8.37. The zero-order valence-electron chi connectivity index (χ0n) is 16.5. The van der Waals surface area contributed by atoms with E-state index < -0.39 is 0 Å². The Labute approximate surface area is 170 Å². The lowest BCUT2D eigenvalue weighted by molar-refractivity contribution is -0.137. The van der Waals surface area contributed by atoms with Crippen LogP contribution in [0.2, 0.25) is 0 Å². The summed E-state index contributed by atoms with van der Waals surface area (Å²) in [5.41, 5.74) is 3.03. The SMILES string of the molecule is O=C1CCC2(CCCN(c3ncnc4nc[nH]c34)C2)CN1CCc1ccccc1. The number of benzene rings is 1. The molecule has 5 rings (SSSR count). The number of amides is 1. The Hall–Kier alpha value is -2.96. The van der Waals surface area contributed by atoms with Crippen LogP contribution in [0.25, 0.3) is 11.2 Å². The minimum Gasteiger partial charge on any atom is -0.354 e. The molecule has 0 bridgehead atoms. The van der Waals surface area contributed by atoms with E-state index in [1.807, 2.05) is 6.07 Å². The summed E-state index contributed by atoms with van der Waals surface area (Å²) < 4.78 is 0. The highest BCUT2D eigenvalue weighted by Crippen LogP contribution is 2.40. The molecule has 1 N–H and O–H groups in total. The van der Waals surface area contributed by atoms with Crippen molar-refractivity contribution in [2.45, 2.75) is 32.1 Å². The first-order chi connectivity index (χ1) is 14.2. The molecule has 2 fully saturated rings. The number of likely N-dealkylation sites (tertiary alicyclic amines) is 1. The number of aromatic nitrogens is 4. The lowest BCUT2D eigenvalue weighted by Crippen LogP contribution is -2.54. The zero-order valence-corrected chi connectivity index (χ0v) is 16.5. The van der Waals surface area contributed by atoms with Crippen LogP contribution in [0.1, 0.15) is 31.2 Å². The molecule has 0 saturated carbocycles. The van der Waals surface area contributed by atoms with Crippen LogP contribution in [-0.2, 0) is 11.2 Å². The molecule has 2 aliphatic heterocycles. The van der Waals surface area contributed by atoms with Crippen molar-refractivity contribution < 1.29 is 4.79 Å². The first-order valence-corrected chi connectivity index (χ1v) is 10.4. The summed E-state index contributed by atoms with van der Waals surface area (Å²) in [6.07, 6.45) is 8.06. The normalized spacial score (nSPS) is 22.6. The molecule has 1 spiro atoms. The van der Waals surface area contributed by atoms with Crippen LogP contribution >= 0.6 is 0 Å². The van der Waals surface area contributed by atoms with Gasteiger partial charge in [-0.3, -0.25) is 4.79 Å². The van der Waals surface area contributed by atoms with E-state index in [0.29, 0.717) is 18.0 Å². The predicted molar refractivity (Wildman–Crippen MR) is 112 cm³/mol. The number of carbonyl (C=O) groups is 1. The molecular weight excluding hydrogens is 364 g/mol. The van der Waals surface area contributed by atoms with Crippen molar-refractivity contribution >= 4 is 22.9 Å². The molecule has 1 amide bonds. The largest absolute Gasteiger partial charge is 0.354 e. The number of H-pyrrole nitrogens is 1. The van der Waals surface area contributed by atoms with E-state index in [9.17, 15) is 4.79 Å². The number of fused-ring (bicyclic) bond motifs is 1. The Bertz CT molecular complexity index is 1000. The van der Waals surface area contributed by atoms with Crippen molar-refractivity contribution in [2.75, 3.05) is 31.1 Å². The smallest absolute Gasteiger partial charge is 0.222 e. The molecule has 3 aromatic rings. The summed E-state index contributed by atoms with van der Waals surface area (Å²) in [5.74, 6) is 1.22. The fraction of sp³-hybridized carbons (Fsp3) is 0.455. The van der Waals surface area contributed by atoms with Crippen molar-refractivity contribution in [1.29, 1.82) is 0 Å². The molecule has 1 aromatic carbocycles. The van der Waals surface area contributed by atoms with Gasteiger partial charge in [0.25, 0.3) is 0 Å². The van der Waals surface area contributed by atoms with E-state index in [1.165, 1.54) is 5.56 Å². The Morgan fingerprint density at radius 2 is 1.97 bits per heavy atom. The van der Waals surface area contributed by atoms with E-state index in [0.717, 1.165) is 63.2 Å². The van der Waals surface area contributed by atoms with Crippen LogP contribution in [0.5, 0.6) is 0 Å². The summed E-state index contributed by atoms with van der Waals surface area (Å²) in [6, 6.07) is 10.4. The summed E-state index contributed by atoms with van der Waals surface area (Å²) in [5, 5.41) is 0. The van der Waals surface area contributed by atoms with Crippen molar-refractivity contribution in [3.05, 3.63) is 48.5 Å². The van der Waals surface area contributed by atoms with Crippen molar-refractivity contribution in [3.8, 4) is 0 Å². The molecule has 1 atom stereocenters. The second-order valence-corrected chi connectivity index (χ2v) is 8.37. The second kappa shape index (κ2) is 7.46. The number of rotatable bonds is 4. The number of hydrogen-bond donors (Lipinski definition) is 1.